The summed E-state index contributed by atoms with van der Waals surface area (Å²) in [6.45, 7) is 7.25. The maximum absolute atomic E-state index is 13.7. The first-order valence-corrected chi connectivity index (χ1v) is 14.9. The highest BCUT2D eigenvalue weighted by molar-refractivity contribution is 6.18. The molecule has 1 amide bonds. The second-order valence-electron chi connectivity index (χ2n) is 11.6. The van der Waals surface area contributed by atoms with Crippen LogP contribution in [0.3, 0.4) is 0 Å². The number of likely N-dealkylation sites (tertiary alicyclic amines) is 1. The molecule has 5 rings (SSSR count). The van der Waals surface area contributed by atoms with Crippen LogP contribution < -0.4 is 5.32 Å². The highest BCUT2D eigenvalue weighted by Gasteiger charge is 2.36. The number of nitrogens with zero attached hydrogens (tertiary/aromatic N) is 2. The Morgan fingerprint density at radius 3 is 2.19 bits per heavy atom. The minimum absolute atomic E-state index is 0.0650. The lowest BCUT2D eigenvalue weighted by Crippen LogP contribution is -2.39. The molecule has 0 aromatic heterocycles. The van der Waals surface area contributed by atoms with Gasteiger partial charge in [0.25, 0.3) is 0 Å². The highest BCUT2D eigenvalue weighted by Crippen LogP contribution is 2.29. The first-order chi connectivity index (χ1) is 20.7. The van der Waals surface area contributed by atoms with E-state index < -0.39 is 11.5 Å². The number of aliphatic imine (C=N–C) groups is 1. The molecule has 1 fully saturated rings. The second-order valence-corrected chi connectivity index (χ2v) is 11.6. The summed E-state index contributed by atoms with van der Waals surface area (Å²) in [5, 5.41) is 13.7. The Morgan fingerprint density at radius 2 is 1.51 bits per heavy atom. The molecule has 0 unspecified atom stereocenters. The third-order valence-corrected chi connectivity index (χ3v) is 8.37. The van der Waals surface area contributed by atoms with Gasteiger partial charge in [-0.25, -0.2) is 4.79 Å². The number of rotatable bonds is 10. The predicted octanol–water partition coefficient (Wildman–Crippen LogP) is 6.83. The van der Waals surface area contributed by atoms with E-state index in [-0.39, 0.29) is 18.4 Å². The number of aryl methyl sites for hydroxylation is 2. The fourth-order valence-electron chi connectivity index (χ4n) is 5.90. The number of carbonyl (C=O) groups is 2. The van der Waals surface area contributed by atoms with Crippen molar-refractivity contribution < 1.29 is 14.7 Å². The van der Waals surface area contributed by atoms with E-state index in [9.17, 15) is 14.7 Å². The van der Waals surface area contributed by atoms with Crippen LogP contribution in [0.25, 0.3) is 0 Å². The van der Waals surface area contributed by atoms with Gasteiger partial charge in [0.1, 0.15) is 0 Å². The lowest BCUT2D eigenvalue weighted by Gasteiger charge is -2.26. The number of benzene rings is 4. The van der Waals surface area contributed by atoms with Crippen molar-refractivity contribution in [2.24, 2.45) is 4.99 Å². The Labute approximate surface area is 254 Å². The number of para-hydroxylation sites is 1. The largest absolute Gasteiger partial charge is 0.479 e. The van der Waals surface area contributed by atoms with Crippen molar-refractivity contribution in [3.05, 3.63) is 137 Å². The van der Waals surface area contributed by atoms with Gasteiger partial charge in [0.15, 0.2) is 5.54 Å². The summed E-state index contributed by atoms with van der Waals surface area (Å²) in [6.07, 6.45) is 1.98. The second kappa shape index (κ2) is 13.2. The monoisotopic (exact) mass is 573 g/mol. The molecule has 220 valence electrons. The van der Waals surface area contributed by atoms with Gasteiger partial charge in [-0.05, 0) is 68.5 Å². The van der Waals surface area contributed by atoms with Gasteiger partial charge in [-0.2, -0.15) is 0 Å². The number of amides is 1. The predicted molar refractivity (Wildman–Crippen MR) is 173 cm³/mol. The maximum Gasteiger partial charge on any atom is 0.331 e. The molecule has 1 heterocycles. The molecule has 6 heteroatoms. The third-order valence-electron chi connectivity index (χ3n) is 8.37. The summed E-state index contributed by atoms with van der Waals surface area (Å²) in [7, 11) is 0. The molecular weight excluding hydrogens is 534 g/mol. The van der Waals surface area contributed by atoms with E-state index in [0.29, 0.717) is 23.5 Å². The summed E-state index contributed by atoms with van der Waals surface area (Å²) in [5.74, 6) is -1.07. The molecule has 2 N–H and O–H groups in total. The van der Waals surface area contributed by atoms with Crippen molar-refractivity contribution in [2.75, 3.05) is 11.9 Å². The Kier molecular flexibility index (Phi) is 9.17. The molecule has 4 aromatic rings. The Bertz CT molecular complexity index is 1600. The van der Waals surface area contributed by atoms with Gasteiger partial charge in [-0.1, -0.05) is 97.1 Å². The van der Waals surface area contributed by atoms with E-state index in [1.165, 1.54) is 5.56 Å². The molecule has 1 aliphatic rings. The van der Waals surface area contributed by atoms with Crippen molar-refractivity contribution in [1.82, 2.24) is 4.90 Å². The quantitative estimate of drug-likeness (QED) is 0.204. The SMILES string of the molecule is Cc1cccc(C)c1C[C@@](C)(N=C(c1ccccc1)c1ccccc1NC(=O)[C@@H]1CCCN1Cc1ccccc1)C(=O)O. The van der Waals surface area contributed by atoms with Crippen LogP contribution in [0.2, 0.25) is 0 Å². The molecule has 1 saturated heterocycles. The fraction of sp³-hybridized carbons (Fsp3) is 0.270. The van der Waals surface area contributed by atoms with Crippen molar-refractivity contribution >= 4 is 23.3 Å². The van der Waals surface area contributed by atoms with Gasteiger partial charge in [0.05, 0.1) is 17.4 Å². The number of anilines is 1. The average molecular weight is 574 g/mol. The Balaban J connectivity index is 1.51. The number of carboxylic acids is 1. The third kappa shape index (κ3) is 6.92. The number of nitrogens with one attached hydrogen (secondary N) is 1. The van der Waals surface area contributed by atoms with E-state index >= 15 is 0 Å². The van der Waals surface area contributed by atoms with Gasteiger partial charge in [0.2, 0.25) is 5.91 Å². The first-order valence-electron chi connectivity index (χ1n) is 14.9. The van der Waals surface area contributed by atoms with Crippen LogP contribution >= 0.6 is 0 Å². The van der Waals surface area contributed by atoms with Gasteiger partial charge in [-0.15, -0.1) is 0 Å². The van der Waals surface area contributed by atoms with E-state index in [1.54, 1.807) is 6.92 Å². The topological polar surface area (TPSA) is 82.0 Å². The molecular formula is C37H39N3O3. The fourth-order valence-corrected chi connectivity index (χ4v) is 5.90. The van der Waals surface area contributed by atoms with Crippen LogP contribution in [0.5, 0.6) is 0 Å². The van der Waals surface area contributed by atoms with E-state index in [2.05, 4.69) is 22.3 Å². The van der Waals surface area contributed by atoms with Crippen LogP contribution in [0, 0.1) is 13.8 Å². The van der Waals surface area contributed by atoms with Crippen LogP contribution in [-0.4, -0.2) is 45.7 Å². The Morgan fingerprint density at radius 1 is 0.884 bits per heavy atom. The molecule has 0 saturated carbocycles. The molecule has 0 aliphatic carbocycles. The number of hydrogen-bond donors (Lipinski definition) is 2. The zero-order chi connectivity index (χ0) is 30.4. The lowest BCUT2D eigenvalue weighted by atomic mass is 9.87. The average Bonchev–Trinajstić information content (AvgIpc) is 3.47. The van der Waals surface area contributed by atoms with Crippen LogP contribution in [0.1, 0.15) is 53.1 Å². The molecule has 0 spiro atoms. The Hall–Kier alpha value is -4.55. The molecule has 4 aromatic carbocycles. The maximum atomic E-state index is 13.7. The van der Waals surface area contributed by atoms with Gasteiger partial charge >= 0.3 is 5.97 Å². The zero-order valence-corrected chi connectivity index (χ0v) is 25.1. The standard InChI is InChI=1S/C37H39N3O3/c1-26-14-12-15-27(2)31(26)24-37(3,36(42)43)39-34(29-18-8-5-9-19-29)30-20-10-11-21-32(30)38-35(41)33-22-13-23-40(33)25-28-16-6-4-7-17-28/h4-12,14-21,33H,13,22-25H2,1-3H3,(H,38,41)(H,42,43)/t33-,37+/m0/s1. The summed E-state index contributed by atoms with van der Waals surface area (Å²) in [4.78, 5) is 33.9. The van der Waals surface area contributed by atoms with Gasteiger partial charge in [0, 0.05) is 24.1 Å². The van der Waals surface area contributed by atoms with Crippen molar-refractivity contribution in [3.8, 4) is 0 Å². The zero-order valence-electron chi connectivity index (χ0n) is 25.1. The van der Waals surface area contributed by atoms with Crippen LogP contribution in [0.15, 0.2) is 108 Å². The molecule has 6 nitrogen and oxygen atoms in total. The smallest absolute Gasteiger partial charge is 0.331 e. The number of hydrogen-bond acceptors (Lipinski definition) is 4. The lowest BCUT2D eigenvalue weighted by molar-refractivity contribution is -0.142. The normalized spacial score (nSPS) is 16.9. The van der Waals surface area contributed by atoms with Crippen LogP contribution in [0.4, 0.5) is 5.69 Å². The minimum Gasteiger partial charge on any atom is -0.479 e. The number of carbonyl (C=O) groups excluding carboxylic acids is 1. The minimum atomic E-state index is -1.45. The molecule has 0 bridgehead atoms. The summed E-state index contributed by atoms with van der Waals surface area (Å²) < 4.78 is 0. The molecule has 2 atom stereocenters. The van der Waals surface area contributed by atoms with Crippen molar-refractivity contribution in [3.63, 3.8) is 0 Å². The number of carboxylic acid groups (broad SMARTS) is 1. The molecule has 0 radical (unpaired) electrons. The number of aliphatic carboxylic acids is 1. The first kappa shape index (κ1) is 29.9. The van der Waals surface area contributed by atoms with E-state index in [4.69, 9.17) is 4.99 Å². The highest BCUT2D eigenvalue weighted by atomic mass is 16.4. The molecule has 1 aliphatic heterocycles. The van der Waals surface area contributed by atoms with Crippen molar-refractivity contribution in [2.45, 2.75) is 58.2 Å². The van der Waals surface area contributed by atoms with E-state index in [0.717, 1.165) is 41.6 Å². The summed E-state index contributed by atoms with van der Waals surface area (Å²) >= 11 is 0. The summed E-state index contributed by atoms with van der Waals surface area (Å²) in [5.41, 5.74) is 5.39. The van der Waals surface area contributed by atoms with E-state index in [1.807, 2.05) is 105 Å². The molecule has 43 heavy (non-hydrogen) atoms. The van der Waals surface area contributed by atoms with Crippen molar-refractivity contribution in [1.29, 1.82) is 0 Å². The summed E-state index contributed by atoms with van der Waals surface area (Å²) in [6, 6.07) is 33.1. The van der Waals surface area contributed by atoms with Crippen LogP contribution in [-0.2, 0) is 22.6 Å². The van der Waals surface area contributed by atoms with Gasteiger partial charge in [-0.3, -0.25) is 14.7 Å². The van der Waals surface area contributed by atoms with Gasteiger partial charge < -0.3 is 10.4 Å².